The highest BCUT2D eigenvalue weighted by Gasteiger charge is 2.31. The van der Waals surface area contributed by atoms with Crippen molar-refractivity contribution < 1.29 is 14.6 Å². The van der Waals surface area contributed by atoms with Crippen LogP contribution in [0.3, 0.4) is 0 Å². The Bertz CT molecular complexity index is 283. The van der Waals surface area contributed by atoms with E-state index in [0.717, 1.165) is 6.42 Å². The minimum atomic E-state index is -0.464. The van der Waals surface area contributed by atoms with Crippen molar-refractivity contribution >= 4 is 6.09 Å². The lowest BCUT2D eigenvalue weighted by atomic mass is 9.86. The van der Waals surface area contributed by atoms with Crippen LogP contribution in [-0.2, 0) is 4.74 Å². The van der Waals surface area contributed by atoms with E-state index in [-0.39, 0.29) is 24.5 Å². The Hall–Kier alpha value is -1.03. The van der Waals surface area contributed by atoms with Crippen molar-refractivity contribution in [3.05, 3.63) is 12.7 Å². The van der Waals surface area contributed by atoms with Crippen molar-refractivity contribution in [2.45, 2.75) is 32.8 Å². The average molecular weight is 241 g/mol. The molecule has 4 nitrogen and oxygen atoms in total. The molecular weight excluding hydrogens is 218 g/mol. The van der Waals surface area contributed by atoms with E-state index in [1.54, 1.807) is 4.90 Å². The van der Waals surface area contributed by atoms with E-state index in [2.05, 4.69) is 6.58 Å². The molecule has 1 heterocycles. The molecule has 2 unspecified atom stereocenters. The highest BCUT2D eigenvalue weighted by atomic mass is 16.6. The molecule has 1 fully saturated rings. The van der Waals surface area contributed by atoms with Gasteiger partial charge < -0.3 is 14.7 Å². The fourth-order valence-electron chi connectivity index (χ4n) is 2.02. The molecule has 1 N–H and O–H groups in total. The summed E-state index contributed by atoms with van der Waals surface area (Å²) in [7, 11) is 0. The zero-order chi connectivity index (χ0) is 13.1. The molecule has 0 spiro atoms. The fraction of sp³-hybridized carbons (Fsp3) is 0.769. The van der Waals surface area contributed by atoms with E-state index in [1.807, 2.05) is 26.8 Å². The SMILES string of the molecule is C=CC1CN(C(=O)OC(C)(C)C)CCC1CO. The van der Waals surface area contributed by atoms with Crippen molar-refractivity contribution in [1.82, 2.24) is 4.90 Å². The van der Waals surface area contributed by atoms with Gasteiger partial charge in [-0.2, -0.15) is 0 Å². The summed E-state index contributed by atoms with van der Waals surface area (Å²) in [6.07, 6.45) is 2.34. The minimum absolute atomic E-state index is 0.152. The van der Waals surface area contributed by atoms with Crippen LogP contribution < -0.4 is 0 Å². The van der Waals surface area contributed by atoms with Gasteiger partial charge >= 0.3 is 6.09 Å². The van der Waals surface area contributed by atoms with Crippen molar-refractivity contribution in [3.8, 4) is 0 Å². The first-order valence-corrected chi connectivity index (χ1v) is 6.08. The van der Waals surface area contributed by atoms with Gasteiger partial charge in [-0.1, -0.05) is 6.08 Å². The van der Waals surface area contributed by atoms with Crippen LogP contribution in [0.15, 0.2) is 12.7 Å². The maximum atomic E-state index is 11.9. The van der Waals surface area contributed by atoms with Crippen LogP contribution in [0.1, 0.15) is 27.2 Å². The van der Waals surface area contributed by atoms with E-state index in [1.165, 1.54) is 0 Å². The molecule has 1 aliphatic heterocycles. The number of carbonyl (C=O) groups is 1. The van der Waals surface area contributed by atoms with Crippen molar-refractivity contribution in [2.24, 2.45) is 11.8 Å². The largest absolute Gasteiger partial charge is 0.444 e. The monoisotopic (exact) mass is 241 g/mol. The highest BCUT2D eigenvalue weighted by molar-refractivity contribution is 5.68. The molecule has 1 aliphatic rings. The number of nitrogens with zero attached hydrogens (tertiary/aromatic N) is 1. The zero-order valence-electron chi connectivity index (χ0n) is 11.0. The molecule has 98 valence electrons. The van der Waals surface area contributed by atoms with Crippen molar-refractivity contribution in [2.75, 3.05) is 19.7 Å². The summed E-state index contributed by atoms with van der Waals surface area (Å²) in [6, 6.07) is 0. The average Bonchev–Trinajstić information content (AvgIpc) is 2.25. The van der Waals surface area contributed by atoms with Gasteiger partial charge in [0.15, 0.2) is 0 Å². The number of hydrogen-bond acceptors (Lipinski definition) is 3. The standard InChI is InChI=1S/C13H23NO3/c1-5-10-8-14(7-6-11(10)9-15)12(16)17-13(2,3)4/h5,10-11,15H,1,6-9H2,2-4H3. The topological polar surface area (TPSA) is 49.8 Å². The molecule has 4 heteroatoms. The molecule has 0 radical (unpaired) electrons. The van der Waals surface area contributed by atoms with Gasteiger partial charge in [0.25, 0.3) is 0 Å². The number of ether oxygens (including phenoxy) is 1. The predicted octanol–water partition coefficient (Wildman–Crippen LogP) is 2.04. The Morgan fingerprint density at radius 2 is 2.24 bits per heavy atom. The molecule has 0 aromatic carbocycles. The Kier molecular flexibility index (Phi) is 4.57. The van der Waals surface area contributed by atoms with Crippen LogP contribution in [0.25, 0.3) is 0 Å². The van der Waals surface area contributed by atoms with Gasteiger partial charge in [0.1, 0.15) is 5.60 Å². The fourth-order valence-corrected chi connectivity index (χ4v) is 2.02. The molecular formula is C13H23NO3. The first-order chi connectivity index (χ1) is 7.87. The first-order valence-electron chi connectivity index (χ1n) is 6.08. The number of carbonyl (C=O) groups excluding carboxylic acids is 1. The summed E-state index contributed by atoms with van der Waals surface area (Å²) < 4.78 is 5.33. The molecule has 0 aromatic rings. The smallest absolute Gasteiger partial charge is 0.410 e. The van der Waals surface area contributed by atoms with Gasteiger partial charge in [-0.15, -0.1) is 6.58 Å². The van der Waals surface area contributed by atoms with Gasteiger partial charge in [-0.05, 0) is 39.0 Å². The molecule has 1 saturated heterocycles. The first kappa shape index (κ1) is 14.0. The van der Waals surface area contributed by atoms with Gasteiger partial charge in [0.2, 0.25) is 0 Å². The maximum absolute atomic E-state index is 11.9. The lowest BCUT2D eigenvalue weighted by Gasteiger charge is -2.37. The quantitative estimate of drug-likeness (QED) is 0.753. The van der Waals surface area contributed by atoms with E-state index in [9.17, 15) is 9.90 Å². The van der Waals surface area contributed by atoms with Crippen molar-refractivity contribution in [1.29, 1.82) is 0 Å². The Labute approximate surface area is 103 Å². The summed E-state index contributed by atoms with van der Waals surface area (Å²) in [5.41, 5.74) is -0.464. The number of piperidine rings is 1. The lowest BCUT2D eigenvalue weighted by molar-refractivity contribution is 0.00972. The second-order valence-corrected chi connectivity index (χ2v) is 5.56. The highest BCUT2D eigenvalue weighted by Crippen LogP contribution is 2.25. The Morgan fingerprint density at radius 3 is 2.71 bits per heavy atom. The second kappa shape index (κ2) is 5.54. The van der Waals surface area contributed by atoms with Crippen LogP contribution >= 0.6 is 0 Å². The predicted molar refractivity (Wildman–Crippen MR) is 66.7 cm³/mol. The van der Waals surface area contributed by atoms with Crippen molar-refractivity contribution in [3.63, 3.8) is 0 Å². The number of likely N-dealkylation sites (tertiary alicyclic amines) is 1. The van der Waals surface area contributed by atoms with Gasteiger partial charge in [0, 0.05) is 19.7 Å². The number of hydrogen-bond donors (Lipinski definition) is 1. The molecule has 1 amide bonds. The molecule has 0 aromatic heterocycles. The maximum Gasteiger partial charge on any atom is 0.410 e. The molecule has 17 heavy (non-hydrogen) atoms. The van der Waals surface area contributed by atoms with Crippen LogP contribution in [0.4, 0.5) is 4.79 Å². The molecule has 0 saturated carbocycles. The number of aliphatic hydroxyl groups is 1. The summed E-state index contributed by atoms with van der Waals surface area (Å²) in [5, 5.41) is 9.22. The molecule has 0 aliphatic carbocycles. The van der Waals surface area contributed by atoms with E-state index >= 15 is 0 Å². The molecule has 0 bridgehead atoms. The molecule has 2 atom stereocenters. The Balaban J connectivity index is 2.57. The summed E-state index contributed by atoms with van der Waals surface area (Å²) in [4.78, 5) is 13.6. The zero-order valence-corrected chi connectivity index (χ0v) is 11.0. The van der Waals surface area contributed by atoms with E-state index < -0.39 is 5.60 Å². The van der Waals surface area contributed by atoms with Crippen LogP contribution in [0.5, 0.6) is 0 Å². The lowest BCUT2D eigenvalue weighted by Crippen LogP contribution is -2.46. The van der Waals surface area contributed by atoms with Gasteiger partial charge in [0.05, 0.1) is 0 Å². The molecule has 1 rings (SSSR count). The number of aliphatic hydroxyl groups excluding tert-OH is 1. The van der Waals surface area contributed by atoms with Gasteiger partial charge in [-0.25, -0.2) is 4.79 Å². The van der Waals surface area contributed by atoms with Crippen LogP contribution in [0, 0.1) is 11.8 Å². The van der Waals surface area contributed by atoms with Gasteiger partial charge in [-0.3, -0.25) is 0 Å². The van der Waals surface area contributed by atoms with E-state index in [0.29, 0.717) is 13.1 Å². The summed E-state index contributed by atoms with van der Waals surface area (Å²) >= 11 is 0. The second-order valence-electron chi connectivity index (χ2n) is 5.56. The van der Waals surface area contributed by atoms with E-state index in [4.69, 9.17) is 4.74 Å². The summed E-state index contributed by atoms with van der Waals surface area (Å²) in [5.74, 6) is 0.368. The normalized spacial score (nSPS) is 25.5. The third-order valence-corrected chi connectivity index (χ3v) is 3.00. The minimum Gasteiger partial charge on any atom is -0.444 e. The number of amides is 1. The summed E-state index contributed by atoms with van der Waals surface area (Å²) in [6.45, 7) is 10.7. The van der Waals surface area contributed by atoms with Crippen LogP contribution in [-0.4, -0.2) is 41.4 Å². The number of rotatable bonds is 2. The third-order valence-electron chi connectivity index (χ3n) is 3.00. The van der Waals surface area contributed by atoms with Crippen LogP contribution in [0.2, 0.25) is 0 Å². The third kappa shape index (κ3) is 4.04. The Morgan fingerprint density at radius 1 is 1.59 bits per heavy atom.